The van der Waals surface area contributed by atoms with Gasteiger partial charge < -0.3 is 14.3 Å². The molecule has 1 aliphatic heterocycles. The van der Waals surface area contributed by atoms with Gasteiger partial charge in [-0.1, -0.05) is 6.07 Å². The van der Waals surface area contributed by atoms with Crippen LogP contribution < -0.4 is 0 Å². The molecule has 0 N–H and O–H groups in total. The largest absolute Gasteiger partial charge is 0.377 e. The van der Waals surface area contributed by atoms with Crippen LogP contribution in [-0.2, 0) is 14.3 Å². The number of carbonyl (C=O) groups is 1. The van der Waals surface area contributed by atoms with E-state index in [1.807, 2.05) is 18.2 Å². The van der Waals surface area contributed by atoms with Gasteiger partial charge in [-0.3, -0.25) is 4.98 Å². The normalized spacial score (nSPS) is 13.6. The molecule has 0 radical (unpaired) electrons. The second-order valence-electron chi connectivity index (χ2n) is 3.16. The number of ketones is 1. The minimum atomic E-state index is 0.167. The van der Waals surface area contributed by atoms with E-state index in [0.29, 0.717) is 0 Å². The molecule has 90 valence electrons. The lowest BCUT2D eigenvalue weighted by atomic mass is 10.5. The zero-order valence-electron chi connectivity index (χ0n) is 9.89. The first-order valence-electron chi connectivity index (χ1n) is 5.21. The van der Waals surface area contributed by atoms with E-state index >= 15 is 0 Å². The first kappa shape index (κ1) is 14.7. The maximum atomic E-state index is 9.44. The molecule has 0 unspecified atom stereocenters. The monoisotopic (exact) mass is 225 g/mol. The van der Waals surface area contributed by atoms with E-state index in [0.717, 1.165) is 26.4 Å². The van der Waals surface area contributed by atoms with Crippen molar-refractivity contribution in [3.05, 3.63) is 30.6 Å². The summed E-state index contributed by atoms with van der Waals surface area (Å²) >= 11 is 0. The van der Waals surface area contributed by atoms with E-state index in [2.05, 4.69) is 4.98 Å². The van der Waals surface area contributed by atoms with Gasteiger partial charge in [0.15, 0.2) is 0 Å². The van der Waals surface area contributed by atoms with Crippen LogP contribution >= 0.6 is 0 Å². The van der Waals surface area contributed by atoms with Crippen LogP contribution in [0.2, 0.25) is 0 Å². The van der Waals surface area contributed by atoms with Crippen LogP contribution in [0.4, 0.5) is 0 Å². The Morgan fingerprint density at radius 3 is 1.44 bits per heavy atom. The minimum absolute atomic E-state index is 0.167. The van der Waals surface area contributed by atoms with Crippen molar-refractivity contribution in [3.63, 3.8) is 0 Å². The Kier molecular flexibility index (Phi) is 10.9. The standard InChI is InChI=1S/C5H5N.C4H8O2.C3H6O/c1-2-4-6-5-3-1;1-2-6-4-3-5-1;1-3(2)4/h1-5H;1-4H2;1-2H3. The third-order valence-corrected chi connectivity index (χ3v) is 1.31. The lowest BCUT2D eigenvalue weighted by molar-refractivity contribution is -0.114. The van der Waals surface area contributed by atoms with Gasteiger partial charge in [0.2, 0.25) is 0 Å². The fourth-order valence-corrected chi connectivity index (χ4v) is 0.752. The lowest BCUT2D eigenvalue weighted by Gasteiger charge is -2.09. The third kappa shape index (κ3) is 15.2. The Morgan fingerprint density at radius 2 is 1.31 bits per heavy atom. The number of carbonyl (C=O) groups excluding carboxylic acids is 1. The van der Waals surface area contributed by atoms with Gasteiger partial charge in [-0.2, -0.15) is 0 Å². The topological polar surface area (TPSA) is 48.4 Å². The van der Waals surface area contributed by atoms with E-state index in [9.17, 15) is 4.79 Å². The van der Waals surface area contributed by atoms with Gasteiger partial charge in [-0.05, 0) is 26.0 Å². The van der Waals surface area contributed by atoms with Crippen LogP contribution in [0, 0.1) is 0 Å². The van der Waals surface area contributed by atoms with Gasteiger partial charge in [0, 0.05) is 12.4 Å². The van der Waals surface area contributed by atoms with Gasteiger partial charge >= 0.3 is 0 Å². The summed E-state index contributed by atoms with van der Waals surface area (Å²) in [6.45, 7) is 6.17. The number of ether oxygens (including phenoxy) is 2. The van der Waals surface area contributed by atoms with Crippen LogP contribution in [0.5, 0.6) is 0 Å². The van der Waals surface area contributed by atoms with E-state index in [1.165, 1.54) is 13.8 Å². The SMILES string of the molecule is C1COCCO1.CC(C)=O.c1ccncc1. The van der Waals surface area contributed by atoms with Crippen molar-refractivity contribution in [2.75, 3.05) is 26.4 Å². The molecule has 0 saturated carbocycles. The van der Waals surface area contributed by atoms with Crippen LogP contribution in [0.25, 0.3) is 0 Å². The highest BCUT2D eigenvalue weighted by Crippen LogP contribution is 1.85. The maximum absolute atomic E-state index is 9.44. The van der Waals surface area contributed by atoms with E-state index in [-0.39, 0.29) is 5.78 Å². The number of pyridine rings is 1. The number of hydrogen-bond donors (Lipinski definition) is 0. The molecule has 0 aromatic carbocycles. The molecular formula is C12H19NO3. The molecule has 0 atom stereocenters. The average molecular weight is 225 g/mol. The van der Waals surface area contributed by atoms with Crippen molar-refractivity contribution in [3.8, 4) is 0 Å². The van der Waals surface area contributed by atoms with Crippen LogP contribution in [0.1, 0.15) is 13.8 Å². The van der Waals surface area contributed by atoms with Gasteiger partial charge in [-0.25, -0.2) is 0 Å². The maximum Gasteiger partial charge on any atom is 0.126 e. The van der Waals surface area contributed by atoms with E-state index < -0.39 is 0 Å². The molecule has 1 saturated heterocycles. The van der Waals surface area contributed by atoms with Gasteiger partial charge in [0.05, 0.1) is 26.4 Å². The molecule has 1 aromatic heterocycles. The first-order chi connectivity index (χ1) is 7.73. The van der Waals surface area contributed by atoms with Crippen molar-refractivity contribution < 1.29 is 14.3 Å². The number of nitrogens with zero attached hydrogens (tertiary/aromatic N) is 1. The number of Topliss-reactive ketones (excluding diaryl/α,β-unsaturated/α-hetero) is 1. The molecule has 2 rings (SSSR count). The summed E-state index contributed by atoms with van der Waals surface area (Å²) in [6, 6.07) is 5.72. The summed E-state index contributed by atoms with van der Waals surface area (Å²) in [6.07, 6.45) is 3.50. The molecule has 1 aliphatic rings. The number of rotatable bonds is 0. The average Bonchev–Trinajstić information content (AvgIpc) is 2.34. The summed E-state index contributed by atoms with van der Waals surface area (Å²) in [5.74, 6) is 0.167. The number of aromatic nitrogens is 1. The van der Waals surface area contributed by atoms with Crippen molar-refractivity contribution in [2.24, 2.45) is 0 Å². The molecule has 0 aliphatic carbocycles. The van der Waals surface area contributed by atoms with E-state index in [1.54, 1.807) is 12.4 Å². The van der Waals surface area contributed by atoms with Gasteiger partial charge in [0.25, 0.3) is 0 Å². The second kappa shape index (κ2) is 11.8. The molecule has 1 aromatic rings. The molecule has 0 bridgehead atoms. The summed E-state index contributed by atoms with van der Waals surface area (Å²) < 4.78 is 9.89. The van der Waals surface area contributed by atoms with E-state index in [4.69, 9.17) is 9.47 Å². The zero-order valence-corrected chi connectivity index (χ0v) is 9.89. The van der Waals surface area contributed by atoms with Crippen LogP contribution in [0.3, 0.4) is 0 Å². The van der Waals surface area contributed by atoms with Crippen molar-refractivity contribution in [1.29, 1.82) is 0 Å². The second-order valence-corrected chi connectivity index (χ2v) is 3.16. The zero-order chi connectivity index (χ0) is 12.1. The molecule has 16 heavy (non-hydrogen) atoms. The predicted molar refractivity (Wildman–Crippen MR) is 62.2 cm³/mol. The Hall–Kier alpha value is -1.26. The fourth-order valence-electron chi connectivity index (χ4n) is 0.752. The summed E-state index contributed by atoms with van der Waals surface area (Å²) in [5, 5.41) is 0. The molecule has 1 fully saturated rings. The quantitative estimate of drug-likeness (QED) is 0.674. The highest BCUT2D eigenvalue weighted by Gasteiger charge is 1.94. The highest BCUT2D eigenvalue weighted by molar-refractivity contribution is 5.72. The Balaban J connectivity index is 0.000000217. The summed E-state index contributed by atoms with van der Waals surface area (Å²) in [5.41, 5.74) is 0. The Morgan fingerprint density at radius 1 is 0.938 bits per heavy atom. The molecule has 2 heterocycles. The number of hydrogen-bond acceptors (Lipinski definition) is 4. The predicted octanol–water partition coefficient (Wildman–Crippen LogP) is 1.71. The lowest BCUT2D eigenvalue weighted by Crippen LogP contribution is -2.16. The molecule has 0 amide bonds. The molecule has 4 nitrogen and oxygen atoms in total. The van der Waals surface area contributed by atoms with Crippen molar-refractivity contribution in [2.45, 2.75) is 13.8 Å². The Bertz CT molecular complexity index is 205. The van der Waals surface area contributed by atoms with Crippen LogP contribution in [0.15, 0.2) is 30.6 Å². The molecule has 0 spiro atoms. The van der Waals surface area contributed by atoms with Gasteiger partial charge in [0.1, 0.15) is 5.78 Å². The fraction of sp³-hybridized carbons (Fsp3) is 0.500. The van der Waals surface area contributed by atoms with Crippen molar-refractivity contribution in [1.82, 2.24) is 4.98 Å². The Labute approximate surface area is 96.6 Å². The molecular weight excluding hydrogens is 206 g/mol. The first-order valence-corrected chi connectivity index (χ1v) is 5.21. The summed E-state index contributed by atoms with van der Waals surface area (Å²) in [4.78, 5) is 13.2. The van der Waals surface area contributed by atoms with Crippen molar-refractivity contribution >= 4 is 5.78 Å². The van der Waals surface area contributed by atoms with Crippen LogP contribution in [-0.4, -0.2) is 37.2 Å². The highest BCUT2D eigenvalue weighted by atomic mass is 16.6. The minimum Gasteiger partial charge on any atom is -0.377 e. The summed E-state index contributed by atoms with van der Waals surface area (Å²) in [7, 11) is 0. The van der Waals surface area contributed by atoms with Gasteiger partial charge in [-0.15, -0.1) is 0 Å². The smallest absolute Gasteiger partial charge is 0.126 e. The molecule has 4 heteroatoms. The third-order valence-electron chi connectivity index (χ3n) is 1.31.